The van der Waals surface area contributed by atoms with Gasteiger partial charge in [0.05, 0.1) is 30.0 Å². The van der Waals surface area contributed by atoms with Gasteiger partial charge in [-0.05, 0) is 42.5 Å². The number of benzene rings is 2. The fourth-order valence-electron chi connectivity index (χ4n) is 2.07. The minimum Gasteiger partial charge on any atom is -0.497 e. The number of anilines is 1. The van der Waals surface area contributed by atoms with Gasteiger partial charge >= 0.3 is 0 Å². The Morgan fingerprint density at radius 2 is 1.83 bits per heavy atom. The first-order valence-electron chi connectivity index (χ1n) is 7.09. The highest BCUT2D eigenvalue weighted by Crippen LogP contribution is 2.15. The standard InChI is InChI=1S/C18H15N3O2/c1-23-15-9-6-13(7-10-15)21-18(22)11-8-14-12-19-16-4-2-3-5-17(16)20-14/h2-12H,1H3,(H,21,22)/b11-8+. The Morgan fingerprint density at radius 1 is 1.09 bits per heavy atom. The van der Waals surface area contributed by atoms with Crippen LogP contribution >= 0.6 is 0 Å². The van der Waals surface area contributed by atoms with Crippen molar-refractivity contribution in [2.45, 2.75) is 0 Å². The highest BCUT2D eigenvalue weighted by atomic mass is 16.5. The smallest absolute Gasteiger partial charge is 0.248 e. The quantitative estimate of drug-likeness (QED) is 0.751. The van der Waals surface area contributed by atoms with E-state index in [1.54, 1.807) is 43.6 Å². The second-order valence-corrected chi connectivity index (χ2v) is 4.83. The van der Waals surface area contributed by atoms with Gasteiger partial charge < -0.3 is 10.1 Å². The molecule has 0 atom stereocenters. The van der Waals surface area contributed by atoms with Crippen molar-refractivity contribution in [3.63, 3.8) is 0 Å². The summed E-state index contributed by atoms with van der Waals surface area (Å²) in [5, 5.41) is 2.77. The van der Waals surface area contributed by atoms with Gasteiger partial charge in [0.1, 0.15) is 5.75 Å². The second-order valence-electron chi connectivity index (χ2n) is 4.83. The van der Waals surface area contributed by atoms with Crippen LogP contribution in [0.15, 0.2) is 60.8 Å². The van der Waals surface area contributed by atoms with Gasteiger partial charge in [-0.3, -0.25) is 9.78 Å². The SMILES string of the molecule is COc1ccc(NC(=O)/C=C/c2cnc3ccccc3n2)cc1. The summed E-state index contributed by atoms with van der Waals surface area (Å²) in [4.78, 5) is 20.7. The Balaban J connectivity index is 1.68. The Labute approximate surface area is 133 Å². The third-order valence-electron chi connectivity index (χ3n) is 3.23. The number of hydrogen-bond donors (Lipinski definition) is 1. The fraction of sp³-hybridized carbons (Fsp3) is 0.0556. The van der Waals surface area contributed by atoms with E-state index in [1.165, 1.54) is 6.08 Å². The summed E-state index contributed by atoms with van der Waals surface area (Å²) in [7, 11) is 1.60. The lowest BCUT2D eigenvalue weighted by molar-refractivity contribution is -0.111. The number of nitrogens with one attached hydrogen (secondary N) is 1. The molecule has 1 heterocycles. The van der Waals surface area contributed by atoms with E-state index >= 15 is 0 Å². The number of para-hydroxylation sites is 2. The summed E-state index contributed by atoms with van der Waals surface area (Å²) < 4.78 is 5.07. The van der Waals surface area contributed by atoms with Gasteiger partial charge in [-0.15, -0.1) is 0 Å². The highest BCUT2D eigenvalue weighted by molar-refractivity contribution is 6.01. The normalized spacial score (nSPS) is 10.8. The lowest BCUT2D eigenvalue weighted by atomic mass is 10.3. The average molecular weight is 305 g/mol. The van der Waals surface area contributed by atoms with Gasteiger partial charge in [0.15, 0.2) is 0 Å². The molecule has 0 aliphatic carbocycles. The Kier molecular flexibility index (Phi) is 4.29. The lowest BCUT2D eigenvalue weighted by Crippen LogP contribution is -2.07. The molecule has 0 radical (unpaired) electrons. The topological polar surface area (TPSA) is 64.1 Å². The van der Waals surface area contributed by atoms with E-state index < -0.39 is 0 Å². The number of carbonyl (C=O) groups excluding carboxylic acids is 1. The molecule has 0 saturated carbocycles. The maximum absolute atomic E-state index is 11.9. The van der Waals surface area contributed by atoms with Crippen molar-refractivity contribution in [3.05, 3.63) is 66.5 Å². The van der Waals surface area contributed by atoms with Crippen molar-refractivity contribution < 1.29 is 9.53 Å². The van der Waals surface area contributed by atoms with Crippen LogP contribution in [-0.4, -0.2) is 23.0 Å². The van der Waals surface area contributed by atoms with Gasteiger partial charge in [0.2, 0.25) is 5.91 Å². The van der Waals surface area contributed by atoms with Gasteiger partial charge in [0.25, 0.3) is 0 Å². The minimum atomic E-state index is -0.231. The van der Waals surface area contributed by atoms with E-state index in [0.717, 1.165) is 16.8 Å². The molecule has 1 amide bonds. The molecule has 3 rings (SSSR count). The third-order valence-corrected chi connectivity index (χ3v) is 3.23. The van der Waals surface area contributed by atoms with Crippen molar-refractivity contribution in [2.24, 2.45) is 0 Å². The first-order chi connectivity index (χ1) is 11.2. The van der Waals surface area contributed by atoms with Crippen LogP contribution in [0.3, 0.4) is 0 Å². The molecule has 0 spiro atoms. The first-order valence-corrected chi connectivity index (χ1v) is 7.09. The van der Waals surface area contributed by atoms with Crippen LogP contribution in [0.1, 0.15) is 5.69 Å². The fourth-order valence-corrected chi connectivity index (χ4v) is 2.07. The summed E-state index contributed by atoms with van der Waals surface area (Å²) in [6.07, 6.45) is 4.71. The predicted molar refractivity (Wildman–Crippen MR) is 90.2 cm³/mol. The molecule has 0 unspecified atom stereocenters. The first kappa shape index (κ1) is 14.7. The summed E-state index contributed by atoms with van der Waals surface area (Å²) in [5.41, 5.74) is 2.95. The van der Waals surface area contributed by atoms with Gasteiger partial charge in [-0.2, -0.15) is 0 Å². The highest BCUT2D eigenvalue weighted by Gasteiger charge is 2.00. The van der Waals surface area contributed by atoms with Crippen molar-refractivity contribution >= 4 is 28.7 Å². The van der Waals surface area contributed by atoms with Crippen molar-refractivity contribution in [3.8, 4) is 5.75 Å². The van der Waals surface area contributed by atoms with Crippen molar-refractivity contribution in [2.75, 3.05) is 12.4 Å². The Bertz CT molecular complexity index is 858. The maximum Gasteiger partial charge on any atom is 0.248 e. The van der Waals surface area contributed by atoms with Crippen molar-refractivity contribution in [1.29, 1.82) is 0 Å². The average Bonchev–Trinajstić information content (AvgIpc) is 2.60. The number of rotatable bonds is 4. The number of fused-ring (bicyclic) bond motifs is 1. The van der Waals surface area contributed by atoms with Gasteiger partial charge in [-0.25, -0.2) is 4.98 Å². The molecule has 0 bridgehead atoms. The molecule has 114 valence electrons. The molecule has 1 N–H and O–H groups in total. The third kappa shape index (κ3) is 3.71. The molecule has 23 heavy (non-hydrogen) atoms. The van der Waals surface area contributed by atoms with E-state index in [4.69, 9.17) is 4.74 Å². The zero-order valence-electron chi connectivity index (χ0n) is 12.6. The molecule has 5 heteroatoms. The number of hydrogen-bond acceptors (Lipinski definition) is 4. The number of ether oxygens (including phenoxy) is 1. The van der Waals surface area contributed by atoms with Crippen molar-refractivity contribution in [1.82, 2.24) is 9.97 Å². The van der Waals surface area contributed by atoms with E-state index in [0.29, 0.717) is 11.4 Å². The molecule has 0 fully saturated rings. The van der Waals surface area contributed by atoms with E-state index in [-0.39, 0.29) is 5.91 Å². The van der Waals surface area contributed by atoms with Crippen LogP contribution in [0.5, 0.6) is 5.75 Å². The Hall–Kier alpha value is -3.21. The predicted octanol–water partition coefficient (Wildman–Crippen LogP) is 3.29. The van der Waals surface area contributed by atoms with Gasteiger partial charge in [0, 0.05) is 11.8 Å². The molecule has 2 aromatic carbocycles. The largest absolute Gasteiger partial charge is 0.497 e. The maximum atomic E-state index is 11.9. The minimum absolute atomic E-state index is 0.231. The van der Waals surface area contributed by atoms with Crippen LogP contribution in [-0.2, 0) is 4.79 Å². The van der Waals surface area contributed by atoms with E-state index in [9.17, 15) is 4.79 Å². The zero-order valence-corrected chi connectivity index (χ0v) is 12.6. The molecule has 0 aliphatic heterocycles. The van der Waals surface area contributed by atoms with Crippen LogP contribution in [0.4, 0.5) is 5.69 Å². The summed E-state index contributed by atoms with van der Waals surface area (Å²) in [6, 6.07) is 14.7. The number of carbonyl (C=O) groups is 1. The summed E-state index contributed by atoms with van der Waals surface area (Å²) >= 11 is 0. The lowest BCUT2D eigenvalue weighted by Gasteiger charge is -2.03. The molecule has 0 saturated heterocycles. The molecular formula is C18H15N3O2. The number of methoxy groups -OCH3 is 1. The number of amides is 1. The van der Waals surface area contributed by atoms with E-state index in [2.05, 4.69) is 15.3 Å². The second kappa shape index (κ2) is 6.70. The Morgan fingerprint density at radius 3 is 2.57 bits per heavy atom. The summed E-state index contributed by atoms with van der Waals surface area (Å²) in [5.74, 6) is 0.509. The molecular weight excluding hydrogens is 290 g/mol. The number of aromatic nitrogens is 2. The van der Waals surface area contributed by atoms with Crippen LogP contribution < -0.4 is 10.1 Å². The molecule has 1 aromatic heterocycles. The van der Waals surface area contributed by atoms with Crippen LogP contribution in [0, 0.1) is 0 Å². The zero-order chi connectivity index (χ0) is 16.1. The van der Waals surface area contributed by atoms with Gasteiger partial charge in [-0.1, -0.05) is 12.1 Å². The molecule has 3 aromatic rings. The monoisotopic (exact) mass is 305 g/mol. The summed E-state index contributed by atoms with van der Waals surface area (Å²) in [6.45, 7) is 0. The molecule has 0 aliphatic rings. The number of nitrogens with zero attached hydrogens (tertiary/aromatic N) is 2. The molecule has 5 nitrogen and oxygen atoms in total. The van der Waals surface area contributed by atoms with Crippen LogP contribution in [0.2, 0.25) is 0 Å². The van der Waals surface area contributed by atoms with E-state index in [1.807, 2.05) is 24.3 Å². The van der Waals surface area contributed by atoms with Crippen LogP contribution in [0.25, 0.3) is 17.1 Å².